The van der Waals surface area contributed by atoms with Gasteiger partial charge in [-0.15, -0.1) is 0 Å². The first-order valence-electron chi connectivity index (χ1n) is 13.9. The van der Waals surface area contributed by atoms with Crippen LogP contribution in [0.3, 0.4) is 0 Å². The number of amides is 2. The molecule has 1 atom stereocenters. The van der Waals surface area contributed by atoms with Crippen molar-refractivity contribution in [3.8, 4) is 5.75 Å². The number of nitrogens with one attached hydrogen (secondary N) is 1. The van der Waals surface area contributed by atoms with E-state index >= 15 is 0 Å². The standard InChI is InChI=1S/C32H41N3O5S/c1-7-18-33-32(37)29(8-2)34(21-26-10-9-11-27(20-26)40-6)31(36)22-35(30-19-24(4)12-15-25(30)5)41(38,39)28-16-13-23(3)14-17-28/h9-17,19-20,29H,7-8,18,21-22H2,1-6H3,(H,33,37). The van der Waals surface area contributed by atoms with E-state index in [1.807, 2.05) is 65.0 Å². The van der Waals surface area contributed by atoms with Crippen molar-refractivity contribution in [2.24, 2.45) is 0 Å². The normalized spacial score (nSPS) is 12.0. The summed E-state index contributed by atoms with van der Waals surface area (Å²) in [6.07, 6.45) is 1.11. The third-order valence-electron chi connectivity index (χ3n) is 6.94. The molecule has 8 nitrogen and oxygen atoms in total. The van der Waals surface area contributed by atoms with Crippen molar-refractivity contribution in [2.45, 2.75) is 64.9 Å². The smallest absolute Gasteiger partial charge is 0.264 e. The Labute approximate surface area is 244 Å². The predicted molar refractivity (Wildman–Crippen MR) is 163 cm³/mol. The van der Waals surface area contributed by atoms with E-state index in [0.717, 1.165) is 27.4 Å². The molecule has 3 aromatic carbocycles. The Balaban J connectivity index is 2.10. The number of methoxy groups -OCH3 is 1. The lowest BCUT2D eigenvalue weighted by molar-refractivity contribution is -0.140. The number of benzene rings is 3. The number of rotatable bonds is 13. The highest BCUT2D eigenvalue weighted by atomic mass is 32.2. The Morgan fingerprint density at radius 1 is 0.927 bits per heavy atom. The van der Waals surface area contributed by atoms with Crippen LogP contribution in [0.1, 0.15) is 48.9 Å². The minimum atomic E-state index is -4.12. The van der Waals surface area contributed by atoms with Crippen LogP contribution in [0.15, 0.2) is 71.6 Å². The zero-order valence-electron chi connectivity index (χ0n) is 24.8. The molecule has 1 unspecified atom stereocenters. The van der Waals surface area contributed by atoms with Gasteiger partial charge in [-0.05, 0) is 80.6 Å². The van der Waals surface area contributed by atoms with Crippen LogP contribution in [0.25, 0.3) is 0 Å². The van der Waals surface area contributed by atoms with Crippen LogP contribution >= 0.6 is 0 Å². The third kappa shape index (κ3) is 7.88. The van der Waals surface area contributed by atoms with Gasteiger partial charge in [0.25, 0.3) is 10.0 Å². The van der Waals surface area contributed by atoms with Gasteiger partial charge in [0.15, 0.2) is 0 Å². The van der Waals surface area contributed by atoms with Crippen molar-refractivity contribution in [2.75, 3.05) is 24.5 Å². The fraction of sp³-hybridized carbons (Fsp3) is 0.375. The van der Waals surface area contributed by atoms with Crippen LogP contribution < -0.4 is 14.4 Å². The van der Waals surface area contributed by atoms with Gasteiger partial charge in [-0.3, -0.25) is 13.9 Å². The number of sulfonamides is 1. The quantitative estimate of drug-likeness (QED) is 0.302. The number of ether oxygens (including phenoxy) is 1. The fourth-order valence-electron chi connectivity index (χ4n) is 4.59. The zero-order valence-corrected chi connectivity index (χ0v) is 25.6. The first-order valence-corrected chi connectivity index (χ1v) is 15.3. The minimum Gasteiger partial charge on any atom is -0.497 e. The number of hydrogen-bond donors (Lipinski definition) is 1. The molecule has 0 aliphatic heterocycles. The van der Waals surface area contributed by atoms with E-state index in [4.69, 9.17) is 4.74 Å². The second kappa shape index (κ2) is 14.2. The highest BCUT2D eigenvalue weighted by molar-refractivity contribution is 7.92. The molecule has 2 amide bonds. The lowest BCUT2D eigenvalue weighted by Gasteiger charge is -2.33. The van der Waals surface area contributed by atoms with Gasteiger partial charge >= 0.3 is 0 Å². The second-order valence-electron chi connectivity index (χ2n) is 10.2. The minimum absolute atomic E-state index is 0.0869. The first-order chi connectivity index (χ1) is 19.5. The number of carbonyl (C=O) groups excluding carboxylic acids is 2. The molecular weight excluding hydrogens is 538 g/mol. The maximum atomic E-state index is 14.2. The number of aryl methyl sites for hydroxylation is 3. The highest BCUT2D eigenvalue weighted by Gasteiger charge is 2.34. The average Bonchev–Trinajstić information content (AvgIpc) is 2.96. The summed E-state index contributed by atoms with van der Waals surface area (Å²) in [6, 6.07) is 18.6. The van der Waals surface area contributed by atoms with Gasteiger partial charge in [-0.1, -0.05) is 55.8 Å². The van der Waals surface area contributed by atoms with E-state index in [2.05, 4.69) is 5.32 Å². The van der Waals surface area contributed by atoms with E-state index < -0.39 is 28.5 Å². The van der Waals surface area contributed by atoms with Crippen LogP contribution in [0.5, 0.6) is 5.75 Å². The summed E-state index contributed by atoms with van der Waals surface area (Å²) in [6.45, 7) is 9.49. The molecule has 0 bridgehead atoms. The monoisotopic (exact) mass is 579 g/mol. The molecule has 41 heavy (non-hydrogen) atoms. The summed E-state index contributed by atoms with van der Waals surface area (Å²) in [4.78, 5) is 29.0. The van der Waals surface area contributed by atoms with Gasteiger partial charge in [0.2, 0.25) is 11.8 Å². The van der Waals surface area contributed by atoms with Crippen molar-refractivity contribution in [1.29, 1.82) is 0 Å². The Bertz CT molecular complexity index is 1450. The molecule has 0 spiro atoms. The first kappa shape index (κ1) is 31.7. The van der Waals surface area contributed by atoms with Crippen molar-refractivity contribution in [3.63, 3.8) is 0 Å². The topological polar surface area (TPSA) is 96.0 Å². The molecule has 0 saturated heterocycles. The molecule has 0 aliphatic carbocycles. The van der Waals surface area contributed by atoms with E-state index in [9.17, 15) is 18.0 Å². The third-order valence-corrected chi connectivity index (χ3v) is 8.72. The molecular formula is C32H41N3O5S. The summed E-state index contributed by atoms with van der Waals surface area (Å²) >= 11 is 0. The molecule has 0 saturated carbocycles. The Kier molecular flexibility index (Phi) is 10.9. The van der Waals surface area contributed by atoms with Gasteiger partial charge in [0, 0.05) is 13.1 Å². The van der Waals surface area contributed by atoms with Gasteiger partial charge in [0.05, 0.1) is 17.7 Å². The van der Waals surface area contributed by atoms with Crippen molar-refractivity contribution < 1.29 is 22.7 Å². The molecule has 3 aromatic rings. The summed E-state index contributed by atoms with van der Waals surface area (Å²) in [5.74, 6) is -0.134. The lowest BCUT2D eigenvalue weighted by atomic mass is 10.1. The number of hydrogen-bond acceptors (Lipinski definition) is 5. The SMILES string of the molecule is CCCNC(=O)C(CC)N(Cc1cccc(OC)c1)C(=O)CN(c1cc(C)ccc1C)S(=O)(=O)c1ccc(C)cc1. The molecule has 0 heterocycles. The van der Waals surface area contributed by atoms with Crippen LogP contribution in [0.4, 0.5) is 5.69 Å². The Morgan fingerprint density at radius 2 is 1.61 bits per heavy atom. The summed E-state index contributed by atoms with van der Waals surface area (Å²) in [5, 5.41) is 2.90. The van der Waals surface area contributed by atoms with Crippen LogP contribution in [-0.4, -0.2) is 51.4 Å². The molecule has 0 radical (unpaired) electrons. The molecule has 9 heteroatoms. The maximum Gasteiger partial charge on any atom is 0.264 e. The highest BCUT2D eigenvalue weighted by Crippen LogP contribution is 2.29. The van der Waals surface area contributed by atoms with Crippen molar-refractivity contribution >= 4 is 27.5 Å². The molecule has 3 rings (SSSR count). The second-order valence-corrected chi connectivity index (χ2v) is 12.1. The Morgan fingerprint density at radius 3 is 2.24 bits per heavy atom. The van der Waals surface area contributed by atoms with E-state index in [-0.39, 0.29) is 17.3 Å². The lowest BCUT2D eigenvalue weighted by Crippen LogP contribution is -2.52. The molecule has 0 fully saturated rings. The summed E-state index contributed by atoms with van der Waals surface area (Å²) in [5.41, 5.74) is 3.68. The average molecular weight is 580 g/mol. The number of carbonyl (C=O) groups is 2. The zero-order chi connectivity index (χ0) is 30.2. The summed E-state index contributed by atoms with van der Waals surface area (Å²) in [7, 11) is -2.56. The number of nitrogens with zero attached hydrogens (tertiary/aromatic N) is 2. The molecule has 0 aromatic heterocycles. The van der Waals surface area contributed by atoms with Gasteiger partial charge in [-0.2, -0.15) is 0 Å². The van der Waals surface area contributed by atoms with Crippen LogP contribution in [-0.2, 0) is 26.2 Å². The molecule has 0 aliphatic rings. The van der Waals surface area contributed by atoms with Crippen LogP contribution in [0, 0.1) is 20.8 Å². The predicted octanol–water partition coefficient (Wildman–Crippen LogP) is 5.15. The maximum absolute atomic E-state index is 14.2. The molecule has 1 N–H and O–H groups in total. The van der Waals surface area contributed by atoms with Crippen molar-refractivity contribution in [1.82, 2.24) is 10.2 Å². The van der Waals surface area contributed by atoms with Gasteiger partial charge < -0.3 is 15.0 Å². The van der Waals surface area contributed by atoms with E-state index in [0.29, 0.717) is 30.0 Å². The largest absolute Gasteiger partial charge is 0.497 e. The summed E-state index contributed by atoms with van der Waals surface area (Å²) < 4.78 is 34.7. The van der Waals surface area contributed by atoms with Gasteiger partial charge in [-0.25, -0.2) is 8.42 Å². The van der Waals surface area contributed by atoms with Crippen molar-refractivity contribution in [3.05, 3.63) is 89.0 Å². The molecule has 220 valence electrons. The Hall–Kier alpha value is -3.85. The number of anilines is 1. The van der Waals surface area contributed by atoms with E-state index in [1.165, 1.54) is 4.90 Å². The van der Waals surface area contributed by atoms with E-state index in [1.54, 1.807) is 43.5 Å². The fourth-order valence-corrected chi connectivity index (χ4v) is 6.06. The van der Waals surface area contributed by atoms with Gasteiger partial charge in [0.1, 0.15) is 18.3 Å². The van der Waals surface area contributed by atoms with Crippen LogP contribution in [0.2, 0.25) is 0 Å².